The molecule has 0 fully saturated rings. The molecule has 0 heterocycles. The first kappa shape index (κ1) is 10.0. The predicted octanol–water partition coefficient (Wildman–Crippen LogP) is 3.25. The number of hydrogen-bond acceptors (Lipinski definition) is 1. The third-order valence-electron chi connectivity index (χ3n) is 2.07. The maximum absolute atomic E-state index is 12.5. The van der Waals surface area contributed by atoms with E-state index in [1.807, 2.05) is 6.92 Å². The Morgan fingerprint density at radius 3 is 2.08 bits per heavy atom. The highest BCUT2D eigenvalue weighted by Gasteiger charge is 2.07. The van der Waals surface area contributed by atoms with E-state index in [1.54, 1.807) is 12.1 Å². The molecule has 72 valence electrons. The molecule has 0 saturated heterocycles. The van der Waals surface area contributed by atoms with Crippen molar-refractivity contribution < 1.29 is 9.13 Å². The van der Waals surface area contributed by atoms with Crippen LogP contribution in [0.15, 0.2) is 24.3 Å². The van der Waals surface area contributed by atoms with E-state index in [-0.39, 0.29) is 11.9 Å². The maximum atomic E-state index is 12.5. The van der Waals surface area contributed by atoms with E-state index in [0.29, 0.717) is 5.92 Å². The van der Waals surface area contributed by atoms with Gasteiger partial charge in [0.2, 0.25) is 0 Å². The molecule has 1 nitrogen and oxygen atoms in total. The van der Waals surface area contributed by atoms with E-state index in [4.69, 9.17) is 4.74 Å². The Labute approximate surface area is 78.5 Å². The summed E-state index contributed by atoms with van der Waals surface area (Å²) in [7, 11) is 0. The summed E-state index contributed by atoms with van der Waals surface area (Å²) in [6, 6.07) is 6.10. The molecule has 0 aromatic heterocycles. The minimum Gasteiger partial charge on any atom is -0.490 e. The summed E-state index contributed by atoms with van der Waals surface area (Å²) in [5.74, 6) is 0.956. The summed E-state index contributed by atoms with van der Waals surface area (Å²) in [4.78, 5) is 0. The highest BCUT2D eigenvalue weighted by Crippen LogP contribution is 2.15. The van der Waals surface area contributed by atoms with E-state index in [1.165, 1.54) is 12.1 Å². The van der Waals surface area contributed by atoms with Gasteiger partial charge in [-0.05, 0) is 37.1 Å². The Kier molecular flexibility index (Phi) is 3.29. The average molecular weight is 182 g/mol. The van der Waals surface area contributed by atoms with Crippen LogP contribution in [-0.4, -0.2) is 6.10 Å². The average Bonchev–Trinajstić information content (AvgIpc) is 2.08. The summed E-state index contributed by atoms with van der Waals surface area (Å²) < 4.78 is 18.1. The molecule has 0 saturated carbocycles. The predicted molar refractivity (Wildman–Crippen MR) is 51.3 cm³/mol. The molecule has 0 spiro atoms. The van der Waals surface area contributed by atoms with Crippen LogP contribution in [0.3, 0.4) is 0 Å². The largest absolute Gasteiger partial charge is 0.490 e. The topological polar surface area (TPSA) is 9.23 Å². The lowest BCUT2D eigenvalue weighted by atomic mass is 10.1. The van der Waals surface area contributed by atoms with Crippen LogP contribution in [0.4, 0.5) is 4.39 Å². The molecule has 0 aliphatic heterocycles. The number of benzene rings is 1. The molecule has 0 bridgehead atoms. The fourth-order valence-electron chi connectivity index (χ4n) is 0.864. The molecule has 2 heteroatoms. The second kappa shape index (κ2) is 4.26. The first-order chi connectivity index (χ1) is 6.09. The van der Waals surface area contributed by atoms with Crippen LogP contribution in [0.5, 0.6) is 5.75 Å². The van der Waals surface area contributed by atoms with Crippen molar-refractivity contribution in [1.82, 2.24) is 0 Å². The minimum atomic E-state index is -0.232. The van der Waals surface area contributed by atoms with Gasteiger partial charge in [-0.3, -0.25) is 0 Å². The highest BCUT2D eigenvalue weighted by molar-refractivity contribution is 5.22. The summed E-state index contributed by atoms with van der Waals surface area (Å²) in [6.45, 7) is 6.19. The zero-order valence-corrected chi connectivity index (χ0v) is 8.25. The van der Waals surface area contributed by atoms with Crippen LogP contribution < -0.4 is 4.74 Å². The second-order valence-electron chi connectivity index (χ2n) is 3.52. The molecule has 0 N–H and O–H groups in total. The van der Waals surface area contributed by atoms with Crippen molar-refractivity contribution in [2.24, 2.45) is 5.92 Å². The standard InChI is InChI=1S/C11H15FO/c1-8(2)9(3)13-11-6-4-10(12)5-7-11/h4-9H,1-3H3. The van der Waals surface area contributed by atoms with E-state index >= 15 is 0 Å². The Morgan fingerprint density at radius 2 is 1.62 bits per heavy atom. The molecule has 0 aliphatic carbocycles. The van der Waals surface area contributed by atoms with Gasteiger partial charge in [0.05, 0.1) is 6.10 Å². The van der Waals surface area contributed by atoms with Crippen molar-refractivity contribution in [1.29, 1.82) is 0 Å². The monoisotopic (exact) mass is 182 g/mol. The summed E-state index contributed by atoms with van der Waals surface area (Å²) >= 11 is 0. The molecule has 1 aromatic carbocycles. The van der Waals surface area contributed by atoms with Gasteiger partial charge in [-0.2, -0.15) is 0 Å². The number of rotatable bonds is 3. The number of ether oxygens (including phenoxy) is 1. The summed E-state index contributed by atoms with van der Waals surface area (Å²) in [6.07, 6.45) is 0.158. The van der Waals surface area contributed by atoms with E-state index < -0.39 is 0 Å². The van der Waals surface area contributed by atoms with Gasteiger partial charge in [-0.1, -0.05) is 13.8 Å². The van der Waals surface area contributed by atoms with Crippen LogP contribution >= 0.6 is 0 Å². The van der Waals surface area contributed by atoms with Crippen LogP contribution in [-0.2, 0) is 0 Å². The van der Waals surface area contributed by atoms with Crippen LogP contribution in [0.1, 0.15) is 20.8 Å². The van der Waals surface area contributed by atoms with Crippen LogP contribution in [0.25, 0.3) is 0 Å². The summed E-state index contributed by atoms with van der Waals surface area (Å²) in [5.41, 5.74) is 0. The van der Waals surface area contributed by atoms with Crippen molar-refractivity contribution in [3.8, 4) is 5.75 Å². The molecular weight excluding hydrogens is 167 g/mol. The first-order valence-electron chi connectivity index (χ1n) is 4.52. The zero-order chi connectivity index (χ0) is 9.84. The van der Waals surface area contributed by atoms with Gasteiger partial charge in [-0.25, -0.2) is 4.39 Å². The zero-order valence-electron chi connectivity index (χ0n) is 8.25. The minimum absolute atomic E-state index is 0.158. The van der Waals surface area contributed by atoms with E-state index in [2.05, 4.69) is 13.8 Å². The van der Waals surface area contributed by atoms with Gasteiger partial charge in [-0.15, -0.1) is 0 Å². The highest BCUT2D eigenvalue weighted by atomic mass is 19.1. The lowest BCUT2D eigenvalue weighted by Gasteiger charge is -2.17. The molecule has 1 aromatic rings. The molecule has 0 radical (unpaired) electrons. The van der Waals surface area contributed by atoms with Gasteiger partial charge in [0.15, 0.2) is 0 Å². The Bertz CT molecular complexity index is 253. The smallest absolute Gasteiger partial charge is 0.123 e. The quantitative estimate of drug-likeness (QED) is 0.697. The van der Waals surface area contributed by atoms with Crippen LogP contribution in [0.2, 0.25) is 0 Å². The second-order valence-corrected chi connectivity index (χ2v) is 3.52. The molecular formula is C11H15FO. The maximum Gasteiger partial charge on any atom is 0.123 e. The lowest BCUT2D eigenvalue weighted by Crippen LogP contribution is -2.18. The van der Waals surface area contributed by atoms with E-state index in [9.17, 15) is 4.39 Å². The first-order valence-corrected chi connectivity index (χ1v) is 4.52. The molecule has 1 atom stereocenters. The van der Waals surface area contributed by atoms with Crippen LogP contribution in [0, 0.1) is 11.7 Å². The van der Waals surface area contributed by atoms with Gasteiger partial charge in [0, 0.05) is 0 Å². The SMILES string of the molecule is CC(C)C(C)Oc1ccc(F)cc1. The van der Waals surface area contributed by atoms with Gasteiger partial charge < -0.3 is 4.74 Å². The van der Waals surface area contributed by atoms with E-state index in [0.717, 1.165) is 5.75 Å². The van der Waals surface area contributed by atoms with Crippen molar-refractivity contribution in [3.63, 3.8) is 0 Å². The van der Waals surface area contributed by atoms with Crippen molar-refractivity contribution in [3.05, 3.63) is 30.1 Å². The van der Waals surface area contributed by atoms with Gasteiger partial charge in [0.1, 0.15) is 11.6 Å². The molecule has 13 heavy (non-hydrogen) atoms. The lowest BCUT2D eigenvalue weighted by molar-refractivity contribution is 0.170. The van der Waals surface area contributed by atoms with Gasteiger partial charge in [0.25, 0.3) is 0 Å². The van der Waals surface area contributed by atoms with Crippen molar-refractivity contribution in [2.75, 3.05) is 0 Å². The molecule has 0 amide bonds. The molecule has 0 aliphatic rings. The normalized spacial score (nSPS) is 13.0. The number of hydrogen-bond donors (Lipinski definition) is 0. The third-order valence-corrected chi connectivity index (χ3v) is 2.07. The molecule has 1 rings (SSSR count). The number of halogens is 1. The fraction of sp³-hybridized carbons (Fsp3) is 0.455. The van der Waals surface area contributed by atoms with Crippen molar-refractivity contribution >= 4 is 0 Å². The Hall–Kier alpha value is -1.05. The third kappa shape index (κ3) is 3.05. The Morgan fingerprint density at radius 1 is 1.08 bits per heavy atom. The van der Waals surface area contributed by atoms with Crippen molar-refractivity contribution in [2.45, 2.75) is 26.9 Å². The Balaban J connectivity index is 2.59. The fourth-order valence-corrected chi connectivity index (χ4v) is 0.864. The summed E-state index contributed by atoms with van der Waals surface area (Å²) in [5, 5.41) is 0. The van der Waals surface area contributed by atoms with Gasteiger partial charge >= 0.3 is 0 Å². The molecule has 1 unspecified atom stereocenters.